The monoisotopic (exact) mass is 228 g/mol. The number of carbonyl (C=O) groups is 1. The van der Waals surface area contributed by atoms with Gasteiger partial charge in [0.1, 0.15) is 0 Å². The van der Waals surface area contributed by atoms with Gasteiger partial charge in [-0.15, -0.1) is 5.06 Å². The maximum absolute atomic E-state index is 11.6. The van der Waals surface area contributed by atoms with Crippen molar-refractivity contribution in [3.8, 4) is 0 Å². The second-order valence-corrected chi connectivity index (χ2v) is 6.02. The fraction of sp³-hybridized carbons (Fsp3) is 0.917. The molecule has 1 heterocycles. The van der Waals surface area contributed by atoms with Crippen LogP contribution in [0, 0.1) is 0 Å². The first-order valence-corrected chi connectivity index (χ1v) is 5.86. The van der Waals surface area contributed by atoms with Crippen LogP contribution in [0.1, 0.15) is 47.0 Å². The van der Waals surface area contributed by atoms with Gasteiger partial charge in [-0.05, 0) is 47.0 Å². The van der Waals surface area contributed by atoms with Crippen molar-refractivity contribution in [1.29, 1.82) is 0 Å². The third kappa shape index (κ3) is 2.67. The normalized spacial score (nSPS) is 23.9. The molecular weight excluding hydrogens is 204 g/mol. The second-order valence-electron chi connectivity index (χ2n) is 6.02. The summed E-state index contributed by atoms with van der Waals surface area (Å²) in [6.07, 6.45) is 2.98. The Labute approximate surface area is 98.5 Å². The highest BCUT2D eigenvalue weighted by Gasteiger charge is 2.44. The maximum Gasteiger partial charge on any atom is 0.428 e. The Kier molecular flexibility index (Phi) is 3.53. The van der Waals surface area contributed by atoms with Crippen LogP contribution in [-0.4, -0.2) is 41.2 Å². The van der Waals surface area contributed by atoms with Crippen LogP contribution in [-0.2, 0) is 4.84 Å². The second kappa shape index (κ2) is 4.24. The molecule has 0 aromatic rings. The van der Waals surface area contributed by atoms with E-state index in [2.05, 4.69) is 27.7 Å². The van der Waals surface area contributed by atoms with E-state index in [1.165, 1.54) is 11.3 Å². The molecule has 0 aliphatic carbocycles. The molecule has 0 bridgehead atoms. The topological polar surface area (TPSA) is 32.8 Å². The Balaban J connectivity index is 2.83. The van der Waals surface area contributed by atoms with Crippen molar-refractivity contribution in [2.75, 3.05) is 14.1 Å². The van der Waals surface area contributed by atoms with Gasteiger partial charge >= 0.3 is 6.09 Å². The van der Waals surface area contributed by atoms with Gasteiger partial charge in [0.2, 0.25) is 0 Å². The van der Waals surface area contributed by atoms with Gasteiger partial charge in [-0.2, -0.15) is 0 Å². The molecule has 0 saturated carbocycles. The third-order valence-corrected chi connectivity index (χ3v) is 3.21. The number of hydrogen-bond donors (Lipinski definition) is 0. The van der Waals surface area contributed by atoms with E-state index in [4.69, 9.17) is 4.84 Å². The van der Waals surface area contributed by atoms with Crippen molar-refractivity contribution in [1.82, 2.24) is 9.96 Å². The molecule has 1 amide bonds. The quantitative estimate of drug-likeness (QED) is 0.691. The zero-order valence-electron chi connectivity index (χ0n) is 11.3. The number of amides is 1. The lowest BCUT2D eigenvalue weighted by molar-refractivity contribution is -0.243. The van der Waals surface area contributed by atoms with E-state index in [0.29, 0.717) is 0 Å². The predicted molar refractivity (Wildman–Crippen MR) is 64.0 cm³/mol. The minimum absolute atomic E-state index is 0.0899. The van der Waals surface area contributed by atoms with E-state index >= 15 is 0 Å². The fourth-order valence-electron chi connectivity index (χ4n) is 2.38. The molecule has 0 spiro atoms. The summed E-state index contributed by atoms with van der Waals surface area (Å²) in [4.78, 5) is 18.6. The lowest BCUT2D eigenvalue weighted by Gasteiger charge is -2.50. The third-order valence-electron chi connectivity index (χ3n) is 3.21. The number of rotatable bonds is 1. The Morgan fingerprint density at radius 1 is 1.12 bits per heavy atom. The van der Waals surface area contributed by atoms with Crippen LogP contribution < -0.4 is 0 Å². The molecule has 0 N–H and O–H groups in total. The molecule has 0 aromatic heterocycles. The molecule has 1 aliphatic rings. The van der Waals surface area contributed by atoms with Crippen LogP contribution in [0.15, 0.2) is 0 Å². The minimum Gasteiger partial charge on any atom is -0.350 e. The first-order valence-electron chi connectivity index (χ1n) is 5.86. The molecule has 1 aliphatic heterocycles. The highest BCUT2D eigenvalue weighted by molar-refractivity contribution is 5.66. The molecule has 1 saturated heterocycles. The van der Waals surface area contributed by atoms with Crippen LogP contribution in [0.5, 0.6) is 0 Å². The molecule has 4 nitrogen and oxygen atoms in total. The Hall–Kier alpha value is -0.770. The summed E-state index contributed by atoms with van der Waals surface area (Å²) < 4.78 is 0. The van der Waals surface area contributed by atoms with E-state index in [1.807, 2.05) is 5.06 Å². The van der Waals surface area contributed by atoms with Gasteiger partial charge < -0.3 is 9.74 Å². The summed E-state index contributed by atoms with van der Waals surface area (Å²) >= 11 is 0. The number of carbonyl (C=O) groups excluding carboxylic acids is 1. The zero-order valence-corrected chi connectivity index (χ0v) is 11.3. The van der Waals surface area contributed by atoms with Crippen LogP contribution >= 0.6 is 0 Å². The highest BCUT2D eigenvalue weighted by Crippen LogP contribution is 2.38. The number of piperidine rings is 1. The first kappa shape index (κ1) is 13.3. The van der Waals surface area contributed by atoms with Crippen molar-refractivity contribution in [2.24, 2.45) is 0 Å². The summed E-state index contributed by atoms with van der Waals surface area (Å²) in [6.45, 7) is 8.49. The van der Waals surface area contributed by atoms with Crippen molar-refractivity contribution >= 4 is 6.09 Å². The molecular formula is C12H24N2O2. The van der Waals surface area contributed by atoms with E-state index in [9.17, 15) is 4.79 Å². The van der Waals surface area contributed by atoms with Crippen molar-refractivity contribution in [3.05, 3.63) is 0 Å². The minimum atomic E-state index is -0.303. The lowest BCUT2D eigenvalue weighted by atomic mass is 9.82. The summed E-state index contributed by atoms with van der Waals surface area (Å²) in [5.41, 5.74) is -0.180. The molecule has 4 heteroatoms. The smallest absolute Gasteiger partial charge is 0.350 e. The van der Waals surface area contributed by atoms with Gasteiger partial charge in [-0.3, -0.25) is 0 Å². The predicted octanol–water partition coefficient (Wildman–Crippen LogP) is 2.64. The Bertz CT molecular complexity index is 256. The molecule has 16 heavy (non-hydrogen) atoms. The zero-order chi connectivity index (χ0) is 12.6. The first-order chi connectivity index (χ1) is 7.17. The van der Waals surface area contributed by atoms with Crippen molar-refractivity contribution in [3.63, 3.8) is 0 Å². The Morgan fingerprint density at radius 3 is 1.94 bits per heavy atom. The summed E-state index contributed by atoms with van der Waals surface area (Å²) in [5, 5.41) is 1.87. The molecule has 0 aromatic carbocycles. The van der Waals surface area contributed by atoms with Crippen LogP contribution in [0.25, 0.3) is 0 Å². The highest BCUT2D eigenvalue weighted by atomic mass is 16.7. The molecule has 0 atom stereocenters. The van der Waals surface area contributed by atoms with Gasteiger partial charge in [0.25, 0.3) is 0 Å². The standard InChI is InChI=1S/C12H24N2O2/c1-11(2)8-7-9-12(3,4)14(11)16-10(15)13(5)6/h7-9H2,1-6H3. The molecule has 1 rings (SSSR count). The molecule has 0 unspecified atom stereocenters. The van der Waals surface area contributed by atoms with Crippen LogP contribution in [0.2, 0.25) is 0 Å². The Morgan fingerprint density at radius 2 is 1.56 bits per heavy atom. The van der Waals surface area contributed by atoms with Gasteiger partial charge in [-0.25, -0.2) is 4.79 Å². The van der Waals surface area contributed by atoms with Gasteiger partial charge in [0, 0.05) is 14.1 Å². The van der Waals surface area contributed by atoms with Gasteiger partial charge in [0.05, 0.1) is 11.1 Å². The van der Waals surface area contributed by atoms with Gasteiger partial charge in [-0.1, -0.05) is 0 Å². The van der Waals surface area contributed by atoms with E-state index in [0.717, 1.165) is 12.8 Å². The number of hydroxylamine groups is 2. The fourth-order valence-corrected chi connectivity index (χ4v) is 2.38. The largest absolute Gasteiger partial charge is 0.428 e. The average Bonchev–Trinajstić information content (AvgIpc) is 2.10. The van der Waals surface area contributed by atoms with Crippen molar-refractivity contribution in [2.45, 2.75) is 58.0 Å². The lowest BCUT2D eigenvalue weighted by Crippen LogP contribution is -2.59. The van der Waals surface area contributed by atoms with Gasteiger partial charge in [0.15, 0.2) is 0 Å². The molecule has 0 radical (unpaired) electrons. The van der Waals surface area contributed by atoms with E-state index in [1.54, 1.807) is 14.1 Å². The summed E-state index contributed by atoms with van der Waals surface area (Å²) in [5.74, 6) is 0. The van der Waals surface area contributed by atoms with E-state index in [-0.39, 0.29) is 17.2 Å². The SMILES string of the molecule is CN(C)C(=O)ON1C(C)(C)CCCC1(C)C. The average molecular weight is 228 g/mol. The molecule has 94 valence electrons. The van der Waals surface area contributed by atoms with E-state index < -0.39 is 0 Å². The number of nitrogens with zero attached hydrogens (tertiary/aromatic N) is 2. The maximum atomic E-state index is 11.6. The van der Waals surface area contributed by atoms with Crippen molar-refractivity contribution < 1.29 is 9.63 Å². The van der Waals surface area contributed by atoms with Crippen LogP contribution in [0.3, 0.4) is 0 Å². The molecule has 1 fully saturated rings. The summed E-state index contributed by atoms with van der Waals surface area (Å²) in [7, 11) is 3.40. The number of hydrogen-bond acceptors (Lipinski definition) is 3. The van der Waals surface area contributed by atoms with Crippen LogP contribution in [0.4, 0.5) is 4.79 Å². The summed E-state index contributed by atoms with van der Waals surface area (Å²) in [6, 6.07) is 0.